The molecule has 1 amide bonds. The number of phenols is 2. The molecule has 122 valence electrons. The molecule has 0 heterocycles. The van der Waals surface area contributed by atoms with Crippen molar-refractivity contribution in [2.45, 2.75) is 32.6 Å². The van der Waals surface area contributed by atoms with Crippen LogP contribution in [0, 0.1) is 6.92 Å². The van der Waals surface area contributed by atoms with Gasteiger partial charge < -0.3 is 26.0 Å². The Bertz CT molecular complexity index is 531. The zero-order valence-electron chi connectivity index (χ0n) is 12.6. The van der Waals surface area contributed by atoms with Crippen molar-refractivity contribution in [2.24, 2.45) is 5.73 Å². The first-order valence-corrected chi connectivity index (χ1v) is 7.12. The smallest absolute Gasteiger partial charge is 0.347 e. The second kappa shape index (κ2) is 8.89. The van der Waals surface area contributed by atoms with Crippen molar-refractivity contribution in [2.75, 3.05) is 13.3 Å². The molecule has 0 spiro atoms. The summed E-state index contributed by atoms with van der Waals surface area (Å²) < 4.78 is 4.83. The van der Waals surface area contributed by atoms with E-state index in [1.807, 2.05) is 0 Å². The van der Waals surface area contributed by atoms with Crippen molar-refractivity contribution >= 4 is 11.9 Å². The Balaban J connectivity index is 2.41. The summed E-state index contributed by atoms with van der Waals surface area (Å²) in [7, 11) is 0. The molecule has 0 saturated heterocycles. The molecule has 22 heavy (non-hydrogen) atoms. The highest BCUT2D eigenvalue weighted by atomic mass is 16.5. The van der Waals surface area contributed by atoms with Crippen LogP contribution in [0.1, 0.15) is 41.6 Å². The molecule has 0 atom stereocenters. The fourth-order valence-electron chi connectivity index (χ4n) is 1.84. The van der Waals surface area contributed by atoms with Gasteiger partial charge in [0.2, 0.25) is 5.91 Å². The van der Waals surface area contributed by atoms with Crippen LogP contribution in [0.15, 0.2) is 12.1 Å². The number of carbonyl (C=O) groups is 2. The van der Waals surface area contributed by atoms with Gasteiger partial charge in [-0.15, -0.1) is 0 Å². The Hall–Kier alpha value is -2.28. The van der Waals surface area contributed by atoms with E-state index in [0.29, 0.717) is 18.5 Å². The maximum atomic E-state index is 11.8. The molecule has 1 aromatic carbocycles. The normalized spacial score (nSPS) is 10.3. The van der Waals surface area contributed by atoms with Crippen molar-refractivity contribution in [3.05, 3.63) is 23.3 Å². The Labute approximate surface area is 129 Å². The van der Waals surface area contributed by atoms with Crippen LogP contribution in [0.2, 0.25) is 0 Å². The number of nitrogens with two attached hydrogens (primary N) is 1. The highest BCUT2D eigenvalue weighted by Crippen LogP contribution is 2.30. The van der Waals surface area contributed by atoms with Crippen LogP contribution >= 0.6 is 0 Å². The number of phenolic OH excluding ortho intramolecular Hbond substituents is 2. The summed E-state index contributed by atoms with van der Waals surface area (Å²) >= 11 is 0. The molecule has 0 aliphatic rings. The second-order valence-corrected chi connectivity index (χ2v) is 4.90. The molecule has 5 N–H and O–H groups in total. The molecule has 0 saturated carbocycles. The van der Waals surface area contributed by atoms with Gasteiger partial charge in [-0.2, -0.15) is 0 Å². The number of esters is 1. The van der Waals surface area contributed by atoms with Gasteiger partial charge in [-0.25, -0.2) is 4.79 Å². The summed E-state index contributed by atoms with van der Waals surface area (Å²) in [6.07, 6.45) is 2.79. The Morgan fingerprint density at radius 1 is 1.23 bits per heavy atom. The molecule has 0 bridgehead atoms. The van der Waals surface area contributed by atoms with Gasteiger partial charge in [0.1, 0.15) is 17.1 Å². The van der Waals surface area contributed by atoms with Gasteiger partial charge >= 0.3 is 5.97 Å². The van der Waals surface area contributed by atoms with E-state index in [2.05, 4.69) is 5.32 Å². The van der Waals surface area contributed by atoms with Crippen LogP contribution in [0.5, 0.6) is 11.5 Å². The zero-order chi connectivity index (χ0) is 16.5. The van der Waals surface area contributed by atoms with Crippen LogP contribution in [0.3, 0.4) is 0 Å². The third-order valence-corrected chi connectivity index (χ3v) is 3.14. The van der Waals surface area contributed by atoms with Crippen LogP contribution in [-0.2, 0) is 9.53 Å². The summed E-state index contributed by atoms with van der Waals surface area (Å²) in [4.78, 5) is 23.3. The van der Waals surface area contributed by atoms with E-state index < -0.39 is 5.97 Å². The molecule has 0 aliphatic carbocycles. The van der Waals surface area contributed by atoms with Crippen molar-refractivity contribution in [3.8, 4) is 11.5 Å². The minimum Gasteiger partial charge on any atom is -0.507 e. The highest BCUT2D eigenvalue weighted by Gasteiger charge is 2.19. The number of carbonyl (C=O) groups excluding carboxylic acids is 2. The number of ether oxygens (including phenoxy) is 1. The number of unbranched alkanes of at least 4 members (excludes halogenated alkanes) is 2. The third kappa shape index (κ3) is 5.25. The quantitative estimate of drug-likeness (QED) is 0.325. The number of rotatable bonds is 8. The minimum absolute atomic E-state index is 0.234. The SMILES string of the molecule is Cc1ccc(O)c(C(=O)OCNC(=O)CCCCCN)c1O. The van der Waals surface area contributed by atoms with Gasteiger partial charge in [0, 0.05) is 6.42 Å². The Morgan fingerprint density at radius 3 is 2.64 bits per heavy atom. The molecule has 7 heteroatoms. The molecule has 1 aromatic rings. The molecular weight excluding hydrogens is 288 g/mol. The average Bonchev–Trinajstić information content (AvgIpc) is 2.48. The van der Waals surface area contributed by atoms with Gasteiger partial charge in [0.25, 0.3) is 0 Å². The molecule has 0 radical (unpaired) electrons. The Morgan fingerprint density at radius 2 is 1.95 bits per heavy atom. The summed E-state index contributed by atoms with van der Waals surface area (Å²) in [5.41, 5.74) is 5.48. The topological polar surface area (TPSA) is 122 Å². The minimum atomic E-state index is -0.901. The molecule has 7 nitrogen and oxygen atoms in total. The maximum absolute atomic E-state index is 11.8. The maximum Gasteiger partial charge on any atom is 0.347 e. The average molecular weight is 310 g/mol. The van der Waals surface area contributed by atoms with Gasteiger partial charge in [-0.3, -0.25) is 4.79 Å². The summed E-state index contributed by atoms with van der Waals surface area (Å²) in [6.45, 7) is 1.87. The lowest BCUT2D eigenvalue weighted by atomic mass is 10.1. The number of hydrogen-bond acceptors (Lipinski definition) is 6. The predicted octanol–water partition coefficient (Wildman–Crippen LogP) is 1.16. The van der Waals surface area contributed by atoms with Crippen LogP contribution in [0.25, 0.3) is 0 Å². The third-order valence-electron chi connectivity index (χ3n) is 3.14. The fraction of sp³-hybridized carbons (Fsp3) is 0.467. The van der Waals surface area contributed by atoms with Crippen LogP contribution < -0.4 is 11.1 Å². The van der Waals surface area contributed by atoms with Crippen molar-refractivity contribution in [3.63, 3.8) is 0 Å². The first kappa shape index (κ1) is 17.8. The first-order chi connectivity index (χ1) is 10.5. The van der Waals surface area contributed by atoms with Crippen molar-refractivity contribution < 1.29 is 24.5 Å². The van der Waals surface area contributed by atoms with E-state index in [-0.39, 0.29) is 29.7 Å². The molecular formula is C15H22N2O5. The lowest BCUT2D eigenvalue weighted by Crippen LogP contribution is -2.27. The van der Waals surface area contributed by atoms with E-state index in [1.54, 1.807) is 6.92 Å². The summed E-state index contributed by atoms with van der Waals surface area (Å²) in [5, 5.41) is 21.8. The monoisotopic (exact) mass is 310 g/mol. The standard InChI is InChI=1S/C15H22N2O5/c1-10-6-7-11(18)13(14(10)20)15(21)22-9-17-12(19)5-3-2-4-8-16/h6-7,18,20H,2-5,8-9,16H2,1H3,(H,17,19). The number of nitrogens with one attached hydrogen (secondary N) is 1. The van der Waals surface area contributed by atoms with Crippen LogP contribution in [0.4, 0.5) is 0 Å². The van der Waals surface area contributed by atoms with Crippen molar-refractivity contribution in [1.29, 1.82) is 0 Å². The summed E-state index contributed by atoms with van der Waals surface area (Å²) in [6, 6.07) is 2.77. The van der Waals surface area contributed by atoms with Crippen molar-refractivity contribution in [1.82, 2.24) is 5.32 Å². The van der Waals surface area contributed by atoms with E-state index in [1.165, 1.54) is 12.1 Å². The van der Waals surface area contributed by atoms with Crippen LogP contribution in [-0.4, -0.2) is 35.4 Å². The lowest BCUT2D eigenvalue weighted by molar-refractivity contribution is -0.122. The molecule has 0 unspecified atom stereocenters. The zero-order valence-corrected chi connectivity index (χ0v) is 12.6. The van der Waals surface area contributed by atoms with Gasteiger partial charge in [0.05, 0.1) is 0 Å². The van der Waals surface area contributed by atoms with Gasteiger partial charge in [-0.1, -0.05) is 12.5 Å². The number of aromatic hydroxyl groups is 2. The summed E-state index contributed by atoms with van der Waals surface area (Å²) in [5.74, 6) is -1.84. The van der Waals surface area contributed by atoms with E-state index in [0.717, 1.165) is 19.3 Å². The van der Waals surface area contributed by atoms with Gasteiger partial charge in [-0.05, 0) is 37.9 Å². The molecule has 0 fully saturated rings. The molecule has 0 aromatic heterocycles. The number of hydrogen-bond donors (Lipinski definition) is 4. The largest absolute Gasteiger partial charge is 0.507 e. The fourth-order valence-corrected chi connectivity index (χ4v) is 1.84. The highest BCUT2D eigenvalue weighted by molar-refractivity contribution is 5.96. The number of amides is 1. The van der Waals surface area contributed by atoms with E-state index in [9.17, 15) is 19.8 Å². The second-order valence-electron chi connectivity index (χ2n) is 4.90. The van der Waals surface area contributed by atoms with E-state index >= 15 is 0 Å². The molecule has 0 aliphatic heterocycles. The molecule has 1 rings (SSSR count). The van der Waals surface area contributed by atoms with Gasteiger partial charge in [0.15, 0.2) is 6.73 Å². The lowest BCUT2D eigenvalue weighted by Gasteiger charge is -2.10. The number of benzene rings is 1. The number of aryl methyl sites for hydroxylation is 1. The Kier molecular flexibility index (Phi) is 7.18. The first-order valence-electron chi connectivity index (χ1n) is 7.12. The van der Waals surface area contributed by atoms with E-state index in [4.69, 9.17) is 10.5 Å². The predicted molar refractivity (Wildman–Crippen MR) is 80.5 cm³/mol.